The number of aromatic hydroxyl groups is 1. The number of pyridine rings is 1. The molecule has 0 spiro atoms. The van der Waals surface area contributed by atoms with E-state index in [-0.39, 0.29) is 24.0 Å². The Morgan fingerprint density at radius 2 is 1.76 bits per heavy atom. The van der Waals surface area contributed by atoms with E-state index in [0.717, 1.165) is 69.6 Å². The van der Waals surface area contributed by atoms with Gasteiger partial charge in [-0.15, -0.1) is 24.0 Å². The SMILES string of the molecule is CN=C(NCCCCNc1ccccn1)N1CCN(c2ccccc2O)CC1.I. The molecular weight excluding hydrogens is 479 g/mol. The highest BCUT2D eigenvalue weighted by Crippen LogP contribution is 2.27. The van der Waals surface area contributed by atoms with Crippen LogP contribution in [0, 0.1) is 0 Å². The number of halogens is 1. The average molecular weight is 510 g/mol. The smallest absolute Gasteiger partial charge is 0.193 e. The van der Waals surface area contributed by atoms with Crippen molar-refractivity contribution in [2.75, 3.05) is 56.5 Å². The fraction of sp³-hybridized carbons (Fsp3) is 0.429. The molecule has 1 aliphatic heterocycles. The first-order valence-corrected chi connectivity index (χ1v) is 9.91. The molecule has 1 fully saturated rings. The lowest BCUT2D eigenvalue weighted by molar-refractivity contribution is 0.369. The Kier molecular flexibility index (Phi) is 9.82. The van der Waals surface area contributed by atoms with E-state index in [1.165, 1.54) is 0 Å². The highest BCUT2D eigenvalue weighted by atomic mass is 127. The van der Waals surface area contributed by atoms with E-state index >= 15 is 0 Å². The van der Waals surface area contributed by atoms with Crippen molar-refractivity contribution in [2.24, 2.45) is 4.99 Å². The van der Waals surface area contributed by atoms with E-state index in [4.69, 9.17) is 0 Å². The van der Waals surface area contributed by atoms with Gasteiger partial charge in [0.05, 0.1) is 5.69 Å². The van der Waals surface area contributed by atoms with Gasteiger partial charge in [0.15, 0.2) is 5.96 Å². The Morgan fingerprint density at radius 3 is 2.45 bits per heavy atom. The van der Waals surface area contributed by atoms with Crippen LogP contribution in [-0.2, 0) is 0 Å². The van der Waals surface area contributed by atoms with Crippen LogP contribution in [0.2, 0.25) is 0 Å². The summed E-state index contributed by atoms with van der Waals surface area (Å²) in [6, 6.07) is 13.4. The summed E-state index contributed by atoms with van der Waals surface area (Å²) in [5.41, 5.74) is 0.908. The molecule has 0 amide bonds. The Labute approximate surface area is 190 Å². The van der Waals surface area contributed by atoms with Crippen molar-refractivity contribution in [1.29, 1.82) is 0 Å². The molecule has 0 bridgehead atoms. The molecule has 0 saturated carbocycles. The fourth-order valence-corrected chi connectivity index (χ4v) is 3.36. The first-order chi connectivity index (χ1) is 13.8. The topological polar surface area (TPSA) is 76.0 Å². The standard InChI is InChI=1S/C21H30N6O.HI/c1-22-21(25-13-7-6-12-24-20-10-4-5-11-23-20)27-16-14-26(15-17-27)18-8-2-3-9-19(18)28;/h2-5,8-11,28H,6-7,12-17H2,1H3,(H,22,25)(H,23,24);1H. The molecule has 29 heavy (non-hydrogen) atoms. The predicted molar refractivity (Wildman–Crippen MR) is 131 cm³/mol. The van der Waals surface area contributed by atoms with Gasteiger partial charge in [-0.1, -0.05) is 18.2 Å². The molecule has 0 atom stereocenters. The van der Waals surface area contributed by atoms with Crippen LogP contribution in [-0.4, -0.2) is 67.3 Å². The summed E-state index contributed by atoms with van der Waals surface area (Å²) in [4.78, 5) is 13.2. The van der Waals surface area contributed by atoms with Crippen LogP contribution in [0.4, 0.5) is 11.5 Å². The quantitative estimate of drug-likeness (QED) is 0.230. The van der Waals surface area contributed by atoms with Gasteiger partial charge in [0.2, 0.25) is 0 Å². The molecule has 2 heterocycles. The minimum Gasteiger partial charge on any atom is -0.506 e. The molecule has 1 aromatic carbocycles. The Balaban J connectivity index is 0.00000300. The maximum Gasteiger partial charge on any atom is 0.193 e. The van der Waals surface area contributed by atoms with E-state index in [2.05, 4.69) is 30.4 Å². The first kappa shape index (κ1) is 23.1. The molecule has 1 saturated heterocycles. The van der Waals surface area contributed by atoms with Gasteiger partial charge in [0, 0.05) is 52.5 Å². The van der Waals surface area contributed by atoms with Crippen molar-refractivity contribution < 1.29 is 5.11 Å². The van der Waals surface area contributed by atoms with Crippen LogP contribution >= 0.6 is 24.0 Å². The van der Waals surface area contributed by atoms with Gasteiger partial charge in [-0.2, -0.15) is 0 Å². The van der Waals surface area contributed by atoms with Crippen molar-refractivity contribution in [3.8, 4) is 5.75 Å². The second-order valence-corrected chi connectivity index (χ2v) is 6.79. The summed E-state index contributed by atoms with van der Waals surface area (Å²) in [5.74, 6) is 2.22. The molecule has 0 unspecified atom stereocenters. The lowest BCUT2D eigenvalue weighted by atomic mass is 10.2. The third-order valence-electron chi connectivity index (χ3n) is 4.87. The number of benzene rings is 1. The minimum absolute atomic E-state index is 0. The second kappa shape index (κ2) is 12.4. The van der Waals surface area contributed by atoms with Crippen LogP contribution < -0.4 is 15.5 Å². The van der Waals surface area contributed by atoms with Crippen molar-refractivity contribution in [3.63, 3.8) is 0 Å². The van der Waals surface area contributed by atoms with E-state index in [9.17, 15) is 5.11 Å². The number of anilines is 2. The van der Waals surface area contributed by atoms with Gasteiger partial charge in [-0.3, -0.25) is 4.99 Å². The fourth-order valence-electron chi connectivity index (χ4n) is 3.36. The number of nitrogens with one attached hydrogen (secondary N) is 2. The molecule has 0 aliphatic carbocycles. The zero-order chi connectivity index (χ0) is 19.6. The molecule has 0 radical (unpaired) electrons. The number of phenolic OH excluding ortho intramolecular Hbond substituents is 1. The molecular formula is C21H31IN6O. The first-order valence-electron chi connectivity index (χ1n) is 9.91. The largest absolute Gasteiger partial charge is 0.506 e. The third-order valence-corrected chi connectivity index (χ3v) is 4.87. The highest BCUT2D eigenvalue weighted by molar-refractivity contribution is 14.0. The number of rotatable bonds is 7. The number of aliphatic imine (C=N–C) groups is 1. The average Bonchev–Trinajstić information content (AvgIpc) is 2.75. The molecule has 1 aliphatic rings. The van der Waals surface area contributed by atoms with Crippen LogP contribution in [0.5, 0.6) is 5.75 Å². The second-order valence-electron chi connectivity index (χ2n) is 6.79. The lowest BCUT2D eigenvalue weighted by Gasteiger charge is -2.37. The molecule has 3 N–H and O–H groups in total. The van der Waals surface area contributed by atoms with E-state index < -0.39 is 0 Å². The van der Waals surface area contributed by atoms with E-state index in [0.29, 0.717) is 5.75 Å². The van der Waals surface area contributed by atoms with Gasteiger partial charge in [-0.25, -0.2) is 4.98 Å². The van der Waals surface area contributed by atoms with Gasteiger partial charge >= 0.3 is 0 Å². The van der Waals surface area contributed by atoms with E-state index in [1.54, 1.807) is 12.3 Å². The predicted octanol–water partition coefficient (Wildman–Crippen LogP) is 2.99. The lowest BCUT2D eigenvalue weighted by Crippen LogP contribution is -2.52. The number of hydrogen-bond donors (Lipinski definition) is 3. The summed E-state index contributed by atoms with van der Waals surface area (Å²) in [5, 5.41) is 16.8. The van der Waals surface area contributed by atoms with Gasteiger partial charge in [0.1, 0.15) is 11.6 Å². The Bertz CT molecular complexity index is 750. The van der Waals surface area contributed by atoms with Crippen LogP contribution in [0.15, 0.2) is 53.7 Å². The van der Waals surface area contributed by atoms with Crippen molar-refractivity contribution in [1.82, 2.24) is 15.2 Å². The van der Waals surface area contributed by atoms with Crippen molar-refractivity contribution in [2.45, 2.75) is 12.8 Å². The summed E-state index contributed by atoms with van der Waals surface area (Å²) in [6.45, 7) is 5.32. The van der Waals surface area contributed by atoms with Crippen LogP contribution in [0.3, 0.4) is 0 Å². The van der Waals surface area contributed by atoms with Gasteiger partial charge in [0.25, 0.3) is 0 Å². The number of guanidine groups is 1. The molecule has 158 valence electrons. The molecule has 7 nitrogen and oxygen atoms in total. The maximum atomic E-state index is 10.0. The van der Waals surface area contributed by atoms with Crippen molar-refractivity contribution in [3.05, 3.63) is 48.7 Å². The number of unbranched alkanes of at least 4 members (excludes halogenated alkanes) is 1. The minimum atomic E-state index is 0. The summed E-state index contributed by atoms with van der Waals surface area (Å²) in [7, 11) is 1.83. The van der Waals surface area contributed by atoms with Gasteiger partial charge < -0.3 is 25.5 Å². The number of para-hydroxylation sites is 2. The number of piperazine rings is 1. The maximum absolute atomic E-state index is 10.0. The van der Waals surface area contributed by atoms with Crippen LogP contribution in [0.1, 0.15) is 12.8 Å². The van der Waals surface area contributed by atoms with Crippen LogP contribution in [0.25, 0.3) is 0 Å². The highest BCUT2D eigenvalue weighted by Gasteiger charge is 2.21. The zero-order valence-electron chi connectivity index (χ0n) is 16.9. The van der Waals surface area contributed by atoms with Gasteiger partial charge in [-0.05, 0) is 37.1 Å². The third kappa shape index (κ3) is 6.95. The molecule has 1 aromatic heterocycles. The molecule has 3 rings (SSSR count). The number of nitrogens with zero attached hydrogens (tertiary/aromatic N) is 4. The molecule has 8 heteroatoms. The normalized spacial score (nSPS) is 14.3. The summed E-state index contributed by atoms with van der Waals surface area (Å²) < 4.78 is 0. The zero-order valence-corrected chi connectivity index (χ0v) is 19.3. The summed E-state index contributed by atoms with van der Waals surface area (Å²) in [6.07, 6.45) is 3.94. The Morgan fingerprint density at radius 1 is 1.03 bits per heavy atom. The summed E-state index contributed by atoms with van der Waals surface area (Å²) >= 11 is 0. The van der Waals surface area contributed by atoms with E-state index in [1.807, 2.05) is 43.4 Å². The molecule has 2 aromatic rings. The Hall–Kier alpha value is -2.23. The monoisotopic (exact) mass is 510 g/mol. The number of aromatic nitrogens is 1. The number of hydrogen-bond acceptors (Lipinski definition) is 5. The number of phenols is 1. The van der Waals surface area contributed by atoms with Crippen molar-refractivity contribution >= 4 is 41.4 Å².